The predicted octanol–water partition coefficient (Wildman–Crippen LogP) is 4.26. The van der Waals surface area contributed by atoms with Gasteiger partial charge in [0.15, 0.2) is 11.9 Å². The third-order valence-electron chi connectivity index (χ3n) is 4.74. The first-order valence-corrected chi connectivity index (χ1v) is 10.7. The van der Waals surface area contributed by atoms with Crippen molar-refractivity contribution in [2.75, 3.05) is 6.54 Å². The van der Waals surface area contributed by atoms with Gasteiger partial charge < -0.3 is 15.7 Å². The molecule has 6 heteroatoms. The first kappa shape index (κ1) is 22.1. The number of hydrogen-bond acceptors (Lipinski definition) is 3. The van der Waals surface area contributed by atoms with Crippen LogP contribution in [0.25, 0.3) is 0 Å². The van der Waals surface area contributed by atoms with E-state index in [1.807, 2.05) is 12.1 Å². The van der Waals surface area contributed by atoms with Crippen LogP contribution in [0.2, 0.25) is 0 Å². The SMILES string of the molecule is CCCCCCCCCCN=C1NC(=NCc2ccc(O)cc2)NC(C)(C)N1. The van der Waals surface area contributed by atoms with Crippen LogP contribution in [0.3, 0.4) is 0 Å². The molecule has 1 aromatic carbocycles. The van der Waals surface area contributed by atoms with E-state index >= 15 is 0 Å². The van der Waals surface area contributed by atoms with Crippen LogP contribution in [0.5, 0.6) is 5.75 Å². The Morgan fingerprint density at radius 2 is 1.39 bits per heavy atom. The smallest absolute Gasteiger partial charge is 0.200 e. The number of nitrogens with one attached hydrogen (secondary N) is 3. The van der Waals surface area contributed by atoms with Gasteiger partial charge in [0.25, 0.3) is 0 Å². The molecule has 1 fully saturated rings. The van der Waals surface area contributed by atoms with E-state index in [1.165, 1.54) is 44.9 Å². The Morgan fingerprint density at radius 3 is 2.04 bits per heavy atom. The first-order valence-electron chi connectivity index (χ1n) is 10.7. The summed E-state index contributed by atoms with van der Waals surface area (Å²) in [5.41, 5.74) is 0.736. The number of hydrogen-bond donors (Lipinski definition) is 4. The molecule has 0 amide bonds. The molecule has 0 bridgehead atoms. The highest BCUT2D eigenvalue weighted by molar-refractivity contribution is 6.01. The van der Waals surface area contributed by atoms with Crippen molar-refractivity contribution < 1.29 is 5.11 Å². The molecule has 1 aliphatic rings. The summed E-state index contributed by atoms with van der Waals surface area (Å²) < 4.78 is 0. The van der Waals surface area contributed by atoms with Crippen molar-refractivity contribution in [1.29, 1.82) is 0 Å². The number of guanidine groups is 2. The fourth-order valence-electron chi connectivity index (χ4n) is 3.16. The minimum atomic E-state index is -0.308. The molecule has 4 N–H and O–H groups in total. The zero-order valence-corrected chi connectivity index (χ0v) is 17.7. The van der Waals surface area contributed by atoms with Crippen LogP contribution in [0.4, 0.5) is 0 Å². The first-order chi connectivity index (χ1) is 13.5. The van der Waals surface area contributed by atoms with E-state index in [0.29, 0.717) is 12.5 Å². The Balaban J connectivity index is 1.76. The lowest BCUT2D eigenvalue weighted by molar-refractivity contribution is 0.403. The van der Waals surface area contributed by atoms with Crippen LogP contribution in [0.1, 0.15) is 77.7 Å². The summed E-state index contributed by atoms with van der Waals surface area (Å²) in [7, 11) is 0. The van der Waals surface area contributed by atoms with Crippen LogP contribution < -0.4 is 16.0 Å². The third kappa shape index (κ3) is 8.63. The van der Waals surface area contributed by atoms with Gasteiger partial charge in [-0.25, -0.2) is 4.99 Å². The van der Waals surface area contributed by atoms with E-state index < -0.39 is 0 Å². The van der Waals surface area contributed by atoms with E-state index in [9.17, 15) is 5.11 Å². The zero-order valence-electron chi connectivity index (χ0n) is 17.7. The van der Waals surface area contributed by atoms with E-state index in [0.717, 1.165) is 24.5 Å². The van der Waals surface area contributed by atoms with Crippen LogP contribution >= 0.6 is 0 Å². The summed E-state index contributed by atoms with van der Waals surface area (Å²) in [4.78, 5) is 9.30. The highest BCUT2D eigenvalue weighted by Crippen LogP contribution is 2.11. The van der Waals surface area contributed by atoms with Gasteiger partial charge in [0.1, 0.15) is 11.4 Å². The number of phenols is 1. The largest absolute Gasteiger partial charge is 0.508 e. The Bertz CT molecular complexity index is 637. The number of benzene rings is 1. The Morgan fingerprint density at radius 1 is 0.821 bits per heavy atom. The molecule has 1 aromatic rings. The molecule has 1 aliphatic heterocycles. The van der Waals surface area contributed by atoms with Crippen LogP contribution in [-0.2, 0) is 6.54 Å². The van der Waals surface area contributed by atoms with Crippen molar-refractivity contribution in [3.05, 3.63) is 29.8 Å². The predicted molar refractivity (Wildman–Crippen MR) is 118 cm³/mol. The second kappa shape index (κ2) is 11.6. The van der Waals surface area contributed by atoms with Crippen molar-refractivity contribution in [2.24, 2.45) is 9.98 Å². The van der Waals surface area contributed by atoms with Crippen molar-refractivity contribution in [1.82, 2.24) is 16.0 Å². The number of rotatable bonds is 11. The van der Waals surface area contributed by atoms with Crippen molar-refractivity contribution in [3.8, 4) is 5.75 Å². The molecule has 28 heavy (non-hydrogen) atoms. The van der Waals surface area contributed by atoms with E-state index in [-0.39, 0.29) is 11.4 Å². The summed E-state index contributed by atoms with van der Waals surface area (Å²) in [6, 6.07) is 7.12. The molecule has 0 aromatic heterocycles. The minimum absolute atomic E-state index is 0.269. The second-order valence-corrected chi connectivity index (χ2v) is 8.04. The Labute approximate surface area is 169 Å². The summed E-state index contributed by atoms with van der Waals surface area (Å²) >= 11 is 0. The lowest BCUT2D eigenvalue weighted by Crippen LogP contribution is -2.68. The number of phenolic OH excluding ortho intramolecular Hbond substituents is 1. The molecular formula is C22H37N5O. The molecule has 1 heterocycles. The average Bonchev–Trinajstić information content (AvgIpc) is 2.65. The molecule has 0 unspecified atom stereocenters. The van der Waals surface area contributed by atoms with Gasteiger partial charge in [0, 0.05) is 6.54 Å². The normalized spacial score (nSPS) is 18.5. The van der Waals surface area contributed by atoms with E-state index in [2.05, 4.69) is 46.7 Å². The topological polar surface area (TPSA) is 81.0 Å². The van der Waals surface area contributed by atoms with Gasteiger partial charge in [-0.05, 0) is 38.0 Å². The lowest BCUT2D eigenvalue weighted by atomic mass is 10.1. The van der Waals surface area contributed by atoms with Gasteiger partial charge in [-0.2, -0.15) is 0 Å². The monoisotopic (exact) mass is 387 g/mol. The number of unbranched alkanes of at least 4 members (excludes halogenated alkanes) is 7. The Hall–Kier alpha value is -2.24. The number of aromatic hydroxyl groups is 1. The van der Waals surface area contributed by atoms with Crippen molar-refractivity contribution in [2.45, 2.75) is 84.3 Å². The maximum absolute atomic E-state index is 9.38. The highest BCUT2D eigenvalue weighted by Gasteiger charge is 2.26. The fourth-order valence-corrected chi connectivity index (χ4v) is 3.16. The van der Waals surface area contributed by atoms with Gasteiger partial charge in [-0.3, -0.25) is 10.3 Å². The van der Waals surface area contributed by atoms with Gasteiger partial charge in [0.2, 0.25) is 0 Å². The molecule has 6 nitrogen and oxygen atoms in total. The standard InChI is InChI=1S/C22H37N5O/c1-4-5-6-7-8-9-10-11-16-23-20-25-21(27-22(2,3)26-20)24-17-18-12-14-19(28)15-13-18/h12-15,28H,4-11,16-17H2,1-3H3,(H3,23,24,25,26,27). The zero-order chi connectivity index (χ0) is 20.2. The molecule has 0 spiro atoms. The average molecular weight is 388 g/mol. The van der Waals surface area contributed by atoms with Gasteiger partial charge >= 0.3 is 0 Å². The molecule has 0 saturated carbocycles. The molecular weight excluding hydrogens is 350 g/mol. The molecule has 0 aliphatic carbocycles. The number of aliphatic imine (C=N–C) groups is 2. The van der Waals surface area contributed by atoms with Crippen LogP contribution in [0, 0.1) is 0 Å². The molecule has 156 valence electrons. The highest BCUT2D eigenvalue weighted by atomic mass is 16.3. The van der Waals surface area contributed by atoms with Crippen LogP contribution in [-0.4, -0.2) is 29.2 Å². The molecule has 2 rings (SSSR count). The summed E-state index contributed by atoms with van der Waals surface area (Å²) in [5.74, 6) is 1.76. The molecule has 0 radical (unpaired) electrons. The van der Waals surface area contributed by atoms with Crippen LogP contribution in [0.15, 0.2) is 34.3 Å². The number of nitrogens with zero attached hydrogens (tertiary/aromatic N) is 2. The van der Waals surface area contributed by atoms with Gasteiger partial charge in [-0.15, -0.1) is 0 Å². The van der Waals surface area contributed by atoms with E-state index in [4.69, 9.17) is 0 Å². The quantitative estimate of drug-likeness (QED) is 0.428. The summed E-state index contributed by atoms with van der Waals surface area (Å²) in [6.07, 6.45) is 10.4. The van der Waals surface area contributed by atoms with Crippen molar-refractivity contribution in [3.63, 3.8) is 0 Å². The lowest BCUT2D eigenvalue weighted by Gasteiger charge is -2.36. The van der Waals surface area contributed by atoms with Gasteiger partial charge in [-0.1, -0.05) is 64.0 Å². The molecule has 0 atom stereocenters. The summed E-state index contributed by atoms with van der Waals surface area (Å²) in [6.45, 7) is 7.75. The van der Waals surface area contributed by atoms with E-state index in [1.54, 1.807) is 12.1 Å². The maximum Gasteiger partial charge on any atom is 0.200 e. The summed E-state index contributed by atoms with van der Waals surface area (Å²) in [5, 5.41) is 19.3. The van der Waals surface area contributed by atoms with Crippen molar-refractivity contribution >= 4 is 11.9 Å². The maximum atomic E-state index is 9.38. The van der Waals surface area contributed by atoms with Gasteiger partial charge in [0.05, 0.1) is 6.54 Å². The fraction of sp³-hybridized carbons (Fsp3) is 0.636. The third-order valence-corrected chi connectivity index (χ3v) is 4.74. The Kier molecular flexibility index (Phi) is 9.11. The molecule has 1 saturated heterocycles. The minimum Gasteiger partial charge on any atom is -0.508 e. The second-order valence-electron chi connectivity index (χ2n) is 8.04.